The van der Waals surface area contributed by atoms with E-state index in [1.165, 1.54) is 5.56 Å². The zero-order valence-electron chi connectivity index (χ0n) is 12.7. The highest BCUT2D eigenvalue weighted by Crippen LogP contribution is 2.15. The van der Waals surface area contributed by atoms with Crippen LogP contribution in [0.25, 0.3) is 0 Å². The Morgan fingerprint density at radius 2 is 2.20 bits per heavy atom. The first-order chi connectivity index (χ1) is 9.48. The van der Waals surface area contributed by atoms with Crippen molar-refractivity contribution in [1.82, 2.24) is 5.32 Å². The van der Waals surface area contributed by atoms with Gasteiger partial charge in [0, 0.05) is 0 Å². The van der Waals surface area contributed by atoms with Crippen LogP contribution in [0, 0.1) is 6.92 Å². The second-order valence-electron chi connectivity index (χ2n) is 5.39. The maximum atomic E-state index is 11.6. The van der Waals surface area contributed by atoms with Crippen LogP contribution in [0.4, 0.5) is 0 Å². The second kappa shape index (κ2) is 7.90. The molecule has 4 heteroatoms. The SMILES string of the molecule is CCCNC(C)(CCCOc1cccc(C)c1)C(N)=O. The van der Waals surface area contributed by atoms with Gasteiger partial charge in [-0.25, -0.2) is 0 Å². The molecule has 0 spiro atoms. The van der Waals surface area contributed by atoms with E-state index in [-0.39, 0.29) is 5.91 Å². The smallest absolute Gasteiger partial charge is 0.237 e. The first-order valence-corrected chi connectivity index (χ1v) is 7.22. The average Bonchev–Trinajstić information content (AvgIpc) is 2.41. The van der Waals surface area contributed by atoms with Gasteiger partial charge in [0.2, 0.25) is 5.91 Å². The molecule has 20 heavy (non-hydrogen) atoms. The molecule has 1 atom stereocenters. The predicted molar refractivity (Wildman–Crippen MR) is 81.8 cm³/mol. The molecule has 0 heterocycles. The summed E-state index contributed by atoms with van der Waals surface area (Å²) in [6.07, 6.45) is 2.43. The van der Waals surface area contributed by atoms with Gasteiger partial charge in [-0.3, -0.25) is 4.79 Å². The lowest BCUT2D eigenvalue weighted by molar-refractivity contribution is -0.124. The van der Waals surface area contributed by atoms with Gasteiger partial charge in [0.25, 0.3) is 0 Å². The molecular formula is C16H26N2O2. The standard InChI is InChI=1S/C16H26N2O2/c1-4-10-18-16(3,15(17)19)9-6-11-20-14-8-5-7-13(2)12-14/h5,7-8,12,18H,4,6,9-11H2,1-3H3,(H2,17,19). The molecule has 0 saturated heterocycles. The Hall–Kier alpha value is -1.55. The molecular weight excluding hydrogens is 252 g/mol. The summed E-state index contributed by atoms with van der Waals surface area (Å²) >= 11 is 0. The van der Waals surface area contributed by atoms with Gasteiger partial charge in [0.15, 0.2) is 0 Å². The van der Waals surface area contributed by atoms with E-state index in [0.29, 0.717) is 13.0 Å². The van der Waals surface area contributed by atoms with Crippen LogP contribution in [0.3, 0.4) is 0 Å². The lowest BCUT2D eigenvalue weighted by atomic mass is 9.95. The third-order valence-electron chi connectivity index (χ3n) is 3.39. The maximum Gasteiger partial charge on any atom is 0.237 e. The van der Waals surface area contributed by atoms with Crippen molar-refractivity contribution in [3.8, 4) is 5.75 Å². The molecule has 1 aromatic rings. The van der Waals surface area contributed by atoms with E-state index < -0.39 is 5.54 Å². The monoisotopic (exact) mass is 278 g/mol. The molecule has 112 valence electrons. The molecule has 0 fully saturated rings. The fraction of sp³-hybridized carbons (Fsp3) is 0.562. The number of aryl methyl sites for hydroxylation is 1. The van der Waals surface area contributed by atoms with E-state index >= 15 is 0 Å². The normalized spacial score (nSPS) is 13.8. The fourth-order valence-corrected chi connectivity index (χ4v) is 2.02. The van der Waals surface area contributed by atoms with Crippen molar-refractivity contribution in [2.45, 2.75) is 45.6 Å². The summed E-state index contributed by atoms with van der Waals surface area (Å²) < 4.78 is 5.69. The van der Waals surface area contributed by atoms with Crippen LogP contribution in [0.15, 0.2) is 24.3 Å². The summed E-state index contributed by atoms with van der Waals surface area (Å²) in [5.74, 6) is 0.564. The first-order valence-electron chi connectivity index (χ1n) is 7.22. The van der Waals surface area contributed by atoms with Crippen molar-refractivity contribution in [2.75, 3.05) is 13.2 Å². The van der Waals surface area contributed by atoms with Gasteiger partial charge in [0.05, 0.1) is 12.1 Å². The highest BCUT2D eigenvalue weighted by atomic mass is 16.5. The zero-order chi connectivity index (χ0) is 15.0. The first kappa shape index (κ1) is 16.5. The minimum atomic E-state index is -0.647. The van der Waals surface area contributed by atoms with Crippen LogP contribution in [-0.2, 0) is 4.79 Å². The van der Waals surface area contributed by atoms with Gasteiger partial charge in [-0.15, -0.1) is 0 Å². The Bertz CT molecular complexity index is 434. The Labute approximate surface area is 121 Å². The number of amides is 1. The fourth-order valence-electron chi connectivity index (χ4n) is 2.02. The number of primary amides is 1. The highest BCUT2D eigenvalue weighted by Gasteiger charge is 2.29. The molecule has 0 saturated carbocycles. The summed E-state index contributed by atoms with van der Waals surface area (Å²) in [4.78, 5) is 11.6. The summed E-state index contributed by atoms with van der Waals surface area (Å²) in [5.41, 5.74) is 6.01. The number of nitrogens with one attached hydrogen (secondary N) is 1. The summed E-state index contributed by atoms with van der Waals surface area (Å²) in [6, 6.07) is 7.95. The van der Waals surface area contributed by atoms with Gasteiger partial charge in [-0.2, -0.15) is 0 Å². The highest BCUT2D eigenvalue weighted by molar-refractivity contribution is 5.84. The lowest BCUT2D eigenvalue weighted by Crippen LogP contribution is -2.53. The zero-order valence-corrected chi connectivity index (χ0v) is 12.7. The quantitative estimate of drug-likeness (QED) is 0.682. The molecule has 1 unspecified atom stereocenters. The van der Waals surface area contributed by atoms with E-state index in [2.05, 4.69) is 12.2 Å². The van der Waals surface area contributed by atoms with Crippen molar-refractivity contribution < 1.29 is 9.53 Å². The van der Waals surface area contributed by atoms with E-state index in [1.807, 2.05) is 38.1 Å². The molecule has 3 N–H and O–H groups in total. The molecule has 0 aliphatic rings. The molecule has 1 amide bonds. The third-order valence-corrected chi connectivity index (χ3v) is 3.39. The van der Waals surface area contributed by atoms with Crippen molar-refractivity contribution in [2.24, 2.45) is 5.73 Å². The number of carbonyl (C=O) groups is 1. The molecule has 0 aromatic heterocycles. The summed E-state index contributed by atoms with van der Waals surface area (Å²) in [6.45, 7) is 7.33. The van der Waals surface area contributed by atoms with Crippen LogP contribution in [0.1, 0.15) is 38.7 Å². The number of ether oxygens (including phenoxy) is 1. The van der Waals surface area contributed by atoms with E-state index in [9.17, 15) is 4.79 Å². The van der Waals surface area contributed by atoms with Crippen molar-refractivity contribution in [3.63, 3.8) is 0 Å². The largest absolute Gasteiger partial charge is 0.494 e. The predicted octanol–water partition coefficient (Wildman–Crippen LogP) is 2.40. The number of benzene rings is 1. The molecule has 1 aromatic carbocycles. The maximum absolute atomic E-state index is 11.6. The molecule has 0 aliphatic carbocycles. The number of hydrogen-bond acceptors (Lipinski definition) is 3. The van der Waals surface area contributed by atoms with E-state index in [1.54, 1.807) is 0 Å². The van der Waals surface area contributed by atoms with Gasteiger partial charge in [-0.05, 0) is 57.4 Å². The molecule has 4 nitrogen and oxygen atoms in total. The lowest BCUT2D eigenvalue weighted by Gasteiger charge is -2.27. The molecule has 0 radical (unpaired) electrons. The number of carbonyl (C=O) groups excluding carboxylic acids is 1. The Kier molecular flexibility index (Phi) is 6.52. The van der Waals surface area contributed by atoms with Gasteiger partial charge < -0.3 is 15.8 Å². The molecule has 0 aliphatic heterocycles. The number of nitrogens with two attached hydrogens (primary N) is 1. The van der Waals surface area contributed by atoms with Crippen molar-refractivity contribution in [3.05, 3.63) is 29.8 Å². The van der Waals surface area contributed by atoms with Crippen LogP contribution < -0.4 is 15.8 Å². The van der Waals surface area contributed by atoms with E-state index in [0.717, 1.165) is 25.1 Å². The topological polar surface area (TPSA) is 64.3 Å². The van der Waals surface area contributed by atoms with Gasteiger partial charge in [-0.1, -0.05) is 19.1 Å². The van der Waals surface area contributed by atoms with Gasteiger partial charge >= 0.3 is 0 Å². The third kappa shape index (κ3) is 5.21. The van der Waals surface area contributed by atoms with Crippen LogP contribution in [-0.4, -0.2) is 24.6 Å². The second-order valence-corrected chi connectivity index (χ2v) is 5.39. The van der Waals surface area contributed by atoms with Crippen molar-refractivity contribution in [1.29, 1.82) is 0 Å². The minimum Gasteiger partial charge on any atom is -0.494 e. The summed E-state index contributed by atoms with van der Waals surface area (Å²) in [5, 5.41) is 3.22. The average molecular weight is 278 g/mol. The Morgan fingerprint density at radius 3 is 2.80 bits per heavy atom. The molecule has 0 bridgehead atoms. The number of hydrogen-bond donors (Lipinski definition) is 2. The molecule has 1 rings (SSSR count). The Morgan fingerprint density at radius 1 is 1.45 bits per heavy atom. The van der Waals surface area contributed by atoms with Crippen molar-refractivity contribution >= 4 is 5.91 Å². The van der Waals surface area contributed by atoms with Crippen LogP contribution in [0.5, 0.6) is 5.75 Å². The summed E-state index contributed by atoms with van der Waals surface area (Å²) in [7, 11) is 0. The van der Waals surface area contributed by atoms with Gasteiger partial charge in [0.1, 0.15) is 5.75 Å². The minimum absolute atomic E-state index is 0.304. The Balaban J connectivity index is 2.39. The van der Waals surface area contributed by atoms with E-state index in [4.69, 9.17) is 10.5 Å². The number of rotatable bonds is 9. The van der Waals surface area contributed by atoms with Crippen LogP contribution in [0.2, 0.25) is 0 Å². The van der Waals surface area contributed by atoms with Crippen LogP contribution >= 0.6 is 0 Å².